The zero-order chi connectivity index (χ0) is 25.8. The quantitative estimate of drug-likeness (QED) is 0.322. The van der Waals surface area contributed by atoms with Crippen molar-refractivity contribution < 1.29 is 23.9 Å². The molecule has 0 radical (unpaired) electrons. The summed E-state index contributed by atoms with van der Waals surface area (Å²) in [7, 11) is 0. The van der Waals surface area contributed by atoms with Crippen molar-refractivity contribution in [2.24, 2.45) is 0 Å². The third-order valence-corrected chi connectivity index (χ3v) is 5.92. The number of benzene rings is 3. The largest absolute Gasteiger partial charge is 0.488 e. The van der Waals surface area contributed by atoms with Gasteiger partial charge in [0, 0.05) is 23.7 Å². The fourth-order valence-corrected chi connectivity index (χ4v) is 3.98. The topological polar surface area (TPSA) is 106 Å². The molecule has 36 heavy (non-hydrogen) atoms. The number of amides is 3. The Bertz CT molecular complexity index is 1380. The van der Waals surface area contributed by atoms with Crippen molar-refractivity contribution in [2.75, 3.05) is 22.6 Å². The zero-order valence-electron chi connectivity index (χ0n) is 20.5. The number of nitrogens with one attached hydrogen (secondary N) is 3. The Balaban J connectivity index is 1.56. The molecule has 0 bridgehead atoms. The van der Waals surface area contributed by atoms with Crippen LogP contribution in [0.5, 0.6) is 11.5 Å². The lowest BCUT2D eigenvalue weighted by atomic mass is 9.94. The number of anilines is 3. The van der Waals surface area contributed by atoms with Gasteiger partial charge >= 0.3 is 12.0 Å². The Kier molecular flexibility index (Phi) is 7.05. The summed E-state index contributed by atoms with van der Waals surface area (Å²) in [5.41, 5.74) is 5.00. The Morgan fingerprint density at radius 2 is 1.44 bits per heavy atom. The van der Waals surface area contributed by atoms with Crippen molar-refractivity contribution in [1.82, 2.24) is 0 Å². The highest BCUT2D eigenvalue weighted by Crippen LogP contribution is 2.41. The lowest BCUT2D eigenvalue weighted by Crippen LogP contribution is -2.24. The van der Waals surface area contributed by atoms with Crippen LogP contribution in [-0.4, -0.2) is 24.5 Å². The lowest BCUT2D eigenvalue weighted by molar-refractivity contribution is -0.132. The van der Waals surface area contributed by atoms with E-state index in [-0.39, 0.29) is 12.5 Å². The fourth-order valence-electron chi connectivity index (χ4n) is 3.98. The van der Waals surface area contributed by atoms with Crippen LogP contribution in [0.25, 0.3) is 6.08 Å². The molecule has 8 nitrogen and oxygen atoms in total. The molecule has 184 valence electrons. The minimum absolute atomic E-state index is 0.0789. The highest BCUT2D eigenvalue weighted by Gasteiger charge is 2.25. The minimum atomic E-state index is -0.434. The average molecular weight is 486 g/mol. The van der Waals surface area contributed by atoms with Gasteiger partial charge in [0.25, 0.3) is 5.91 Å². The molecule has 4 rings (SSSR count). The SMILES string of the molecule is CC(=O)Oc1c(C)c(C)c2c(c1C)C=C(C(=O)Nc1ccccc1NC(=O)Nc1ccccc1)CO2. The molecule has 1 aliphatic rings. The van der Waals surface area contributed by atoms with Crippen LogP contribution in [0.1, 0.15) is 29.2 Å². The molecule has 0 saturated heterocycles. The van der Waals surface area contributed by atoms with Crippen molar-refractivity contribution in [2.45, 2.75) is 27.7 Å². The highest BCUT2D eigenvalue weighted by molar-refractivity contribution is 6.10. The van der Waals surface area contributed by atoms with Gasteiger partial charge in [-0.1, -0.05) is 30.3 Å². The number of rotatable bonds is 5. The number of esters is 1. The Morgan fingerprint density at radius 1 is 0.806 bits per heavy atom. The van der Waals surface area contributed by atoms with E-state index in [1.165, 1.54) is 6.92 Å². The first-order valence-corrected chi connectivity index (χ1v) is 11.4. The summed E-state index contributed by atoms with van der Waals surface area (Å²) in [4.78, 5) is 37.2. The molecule has 0 spiro atoms. The molecule has 0 fully saturated rings. The Morgan fingerprint density at radius 3 is 2.11 bits per heavy atom. The summed E-state index contributed by atoms with van der Waals surface area (Å²) >= 11 is 0. The van der Waals surface area contributed by atoms with Gasteiger partial charge in [-0.05, 0) is 62.2 Å². The van der Waals surface area contributed by atoms with Crippen LogP contribution in [0.3, 0.4) is 0 Å². The van der Waals surface area contributed by atoms with Crippen LogP contribution in [0.2, 0.25) is 0 Å². The van der Waals surface area contributed by atoms with Gasteiger partial charge in [-0.3, -0.25) is 9.59 Å². The number of ether oxygens (including phenoxy) is 2. The van der Waals surface area contributed by atoms with E-state index >= 15 is 0 Å². The molecule has 3 amide bonds. The average Bonchev–Trinajstić information content (AvgIpc) is 2.86. The van der Waals surface area contributed by atoms with Gasteiger partial charge in [-0.2, -0.15) is 0 Å². The standard InChI is InChI=1S/C28H27N3O5/c1-16-17(2)26-22(18(3)25(16)36-19(4)32)14-20(15-35-26)27(33)30-23-12-8-9-13-24(23)31-28(34)29-21-10-6-5-7-11-21/h5-14H,15H2,1-4H3,(H,30,33)(H2,29,31,34). The number of hydrogen-bond donors (Lipinski definition) is 3. The van der Waals surface area contributed by atoms with Crippen molar-refractivity contribution in [3.63, 3.8) is 0 Å². The third kappa shape index (κ3) is 5.22. The predicted molar refractivity (Wildman–Crippen MR) is 140 cm³/mol. The maximum Gasteiger partial charge on any atom is 0.323 e. The van der Waals surface area contributed by atoms with Crippen LogP contribution in [0.4, 0.5) is 21.9 Å². The second-order valence-corrected chi connectivity index (χ2v) is 8.44. The molecular formula is C28H27N3O5. The van der Waals surface area contributed by atoms with Gasteiger partial charge in [0.1, 0.15) is 18.1 Å². The van der Waals surface area contributed by atoms with E-state index in [0.29, 0.717) is 45.3 Å². The molecule has 3 N–H and O–H groups in total. The lowest BCUT2D eigenvalue weighted by Gasteiger charge is -2.24. The van der Waals surface area contributed by atoms with Gasteiger partial charge in [0.15, 0.2) is 0 Å². The fraction of sp³-hybridized carbons (Fsp3) is 0.179. The Hall–Kier alpha value is -4.59. The number of fused-ring (bicyclic) bond motifs is 1. The summed E-state index contributed by atoms with van der Waals surface area (Å²) in [6.07, 6.45) is 1.75. The van der Waals surface area contributed by atoms with E-state index < -0.39 is 12.0 Å². The van der Waals surface area contributed by atoms with Gasteiger partial charge < -0.3 is 25.4 Å². The molecule has 3 aromatic rings. The van der Waals surface area contributed by atoms with Crippen LogP contribution in [0, 0.1) is 20.8 Å². The van der Waals surface area contributed by atoms with Crippen molar-refractivity contribution >= 4 is 41.0 Å². The maximum absolute atomic E-state index is 13.2. The Labute approximate surface area is 209 Å². The van der Waals surface area contributed by atoms with Crippen molar-refractivity contribution in [3.8, 4) is 11.5 Å². The molecule has 0 aromatic heterocycles. The van der Waals surface area contributed by atoms with Crippen LogP contribution >= 0.6 is 0 Å². The van der Waals surface area contributed by atoms with Crippen molar-refractivity contribution in [1.29, 1.82) is 0 Å². The van der Waals surface area contributed by atoms with Crippen LogP contribution < -0.4 is 25.4 Å². The first-order chi connectivity index (χ1) is 17.2. The van der Waals surface area contributed by atoms with E-state index in [1.807, 2.05) is 39.0 Å². The number of carbonyl (C=O) groups excluding carboxylic acids is 3. The van der Waals surface area contributed by atoms with Gasteiger partial charge in [-0.25, -0.2) is 4.79 Å². The minimum Gasteiger partial charge on any atom is -0.488 e. The van der Waals surface area contributed by atoms with E-state index in [2.05, 4.69) is 16.0 Å². The first-order valence-electron chi connectivity index (χ1n) is 11.4. The molecule has 0 saturated carbocycles. The molecule has 3 aromatic carbocycles. The molecular weight excluding hydrogens is 458 g/mol. The molecule has 1 aliphatic heterocycles. The van der Waals surface area contributed by atoms with Gasteiger partial charge in [0.2, 0.25) is 0 Å². The van der Waals surface area contributed by atoms with Gasteiger partial charge in [-0.15, -0.1) is 0 Å². The second kappa shape index (κ2) is 10.4. The molecule has 8 heteroatoms. The molecule has 0 atom stereocenters. The molecule has 0 unspecified atom stereocenters. The number of para-hydroxylation sites is 3. The zero-order valence-corrected chi connectivity index (χ0v) is 20.5. The number of carbonyl (C=O) groups is 3. The summed E-state index contributed by atoms with van der Waals surface area (Å²) in [5.74, 6) is 0.348. The summed E-state index contributed by atoms with van der Waals surface area (Å²) in [5, 5.41) is 8.38. The predicted octanol–water partition coefficient (Wildman–Crippen LogP) is 5.60. The summed E-state index contributed by atoms with van der Waals surface area (Å²) in [6, 6.07) is 15.5. The van der Waals surface area contributed by atoms with Crippen LogP contribution in [-0.2, 0) is 9.59 Å². The maximum atomic E-state index is 13.2. The summed E-state index contributed by atoms with van der Waals surface area (Å²) < 4.78 is 11.4. The monoisotopic (exact) mass is 485 g/mol. The third-order valence-electron chi connectivity index (χ3n) is 5.92. The van der Waals surface area contributed by atoms with E-state index in [4.69, 9.17) is 9.47 Å². The van der Waals surface area contributed by atoms with E-state index in [1.54, 1.807) is 42.5 Å². The normalized spacial score (nSPS) is 11.9. The van der Waals surface area contributed by atoms with Crippen molar-refractivity contribution in [3.05, 3.63) is 82.4 Å². The van der Waals surface area contributed by atoms with E-state index in [9.17, 15) is 14.4 Å². The first kappa shape index (κ1) is 24.5. The van der Waals surface area contributed by atoms with E-state index in [0.717, 1.165) is 11.1 Å². The summed E-state index contributed by atoms with van der Waals surface area (Å²) in [6.45, 7) is 7.02. The van der Waals surface area contributed by atoms with Gasteiger partial charge in [0.05, 0.1) is 16.9 Å². The highest BCUT2D eigenvalue weighted by atomic mass is 16.5. The van der Waals surface area contributed by atoms with Crippen LogP contribution in [0.15, 0.2) is 60.2 Å². The molecule has 1 heterocycles. The number of hydrogen-bond acceptors (Lipinski definition) is 5. The number of urea groups is 1. The molecule has 0 aliphatic carbocycles. The second-order valence-electron chi connectivity index (χ2n) is 8.44. The smallest absolute Gasteiger partial charge is 0.323 e.